The summed E-state index contributed by atoms with van der Waals surface area (Å²) < 4.78 is 5.73. The van der Waals surface area contributed by atoms with Crippen LogP contribution in [0, 0.1) is 18.3 Å². The van der Waals surface area contributed by atoms with Crippen LogP contribution in [0.1, 0.15) is 23.1 Å². The van der Waals surface area contributed by atoms with Gasteiger partial charge in [-0.05, 0) is 37.1 Å². The van der Waals surface area contributed by atoms with E-state index >= 15 is 0 Å². The molecule has 0 bridgehead atoms. The number of aromatic nitrogens is 3. The van der Waals surface area contributed by atoms with Crippen molar-refractivity contribution in [1.29, 1.82) is 5.26 Å². The molecule has 1 fully saturated rings. The molecule has 0 atom stereocenters. The van der Waals surface area contributed by atoms with Gasteiger partial charge >= 0.3 is 0 Å². The van der Waals surface area contributed by atoms with Crippen molar-refractivity contribution in [2.24, 2.45) is 0 Å². The fourth-order valence-electron chi connectivity index (χ4n) is 4.06. The second kappa shape index (κ2) is 10.2. The highest BCUT2D eigenvalue weighted by Crippen LogP contribution is 2.18. The number of hydrogen-bond donors (Lipinski definition) is 1. The van der Waals surface area contributed by atoms with Crippen LogP contribution in [0.25, 0.3) is 10.8 Å². The predicted molar refractivity (Wildman–Crippen MR) is 124 cm³/mol. The number of H-pyrrole nitrogens is 1. The number of aryl methyl sites for hydroxylation is 1. The molecule has 0 saturated carbocycles. The number of aromatic amines is 1. The number of nitrogens with one attached hydrogen (secondary N) is 1. The van der Waals surface area contributed by atoms with E-state index in [1.165, 1.54) is 0 Å². The molecule has 0 aliphatic carbocycles. The van der Waals surface area contributed by atoms with E-state index in [0.717, 1.165) is 22.3 Å². The molecule has 0 unspecified atom stereocenters. The third-order valence-corrected chi connectivity index (χ3v) is 5.82. The summed E-state index contributed by atoms with van der Waals surface area (Å²) in [6, 6.07) is 9.56. The van der Waals surface area contributed by atoms with Gasteiger partial charge in [-0.1, -0.05) is 11.6 Å². The fourth-order valence-corrected chi connectivity index (χ4v) is 4.06. The third-order valence-electron chi connectivity index (χ3n) is 5.82. The van der Waals surface area contributed by atoms with Crippen molar-refractivity contribution in [3.05, 3.63) is 63.7 Å². The molecule has 3 aromatic rings. The van der Waals surface area contributed by atoms with Gasteiger partial charge < -0.3 is 14.5 Å². The number of benzene rings is 1. The monoisotopic (exact) mass is 446 g/mol. The normalized spacial score (nSPS) is 13.8. The lowest BCUT2D eigenvalue weighted by atomic mass is 10.0. The Hall–Kier alpha value is -3.77. The van der Waals surface area contributed by atoms with Crippen molar-refractivity contribution in [1.82, 2.24) is 20.1 Å². The van der Waals surface area contributed by atoms with Crippen LogP contribution >= 0.6 is 0 Å². The van der Waals surface area contributed by atoms with Crippen LogP contribution in [0.15, 0.2) is 41.5 Å². The van der Waals surface area contributed by atoms with E-state index in [4.69, 9.17) is 10.00 Å². The smallest absolute Gasteiger partial charge is 0.272 e. The average molecular weight is 447 g/mol. The summed E-state index contributed by atoms with van der Waals surface area (Å²) in [5.41, 5.74) is 2.37. The first-order valence-electron chi connectivity index (χ1n) is 11.0. The molecule has 33 heavy (non-hydrogen) atoms. The number of carbonyl (C=O) groups is 1. The number of anilines is 1. The predicted octanol–water partition coefficient (Wildman–Crippen LogP) is 1.80. The first-order chi connectivity index (χ1) is 16.0. The van der Waals surface area contributed by atoms with Gasteiger partial charge in [-0.25, -0.2) is 10.1 Å². The van der Waals surface area contributed by atoms with Crippen LogP contribution in [0.4, 0.5) is 5.82 Å². The zero-order valence-electron chi connectivity index (χ0n) is 18.6. The minimum Gasteiger partial charge on any atom is -0.381 e. The lowest BCUT2D eigenvalue weighted by molar-refractivity contribution is -0.132. The van der Waals surface area contributed by atoms with E-state index in [9.17, 15) is 9.59 Å². The first kappa shape index (κ1) is 22.4. The number of nitriles is 1. The number of hydrogen-bond acceptors (Lipinski definition) is 7. The molecule has 0 radical (unpaired) electrons. The number of ether oxygens (including phenoxy) is 1. The van der Waals surface area contributed by atoms with Crippen molar-refractivity contribution in [3.8, 4) is 6.07 Å². The lowest BCUT2D eigenvalue weighted by Gasteiger charge is -2.35. The highest BCUT2D eigenvalue weighted by Gasteiger charge is 2.21. The zero-order valence-corrected chi connectivity index (χ0v) is 18.6. The Morgan fingerprint density at radius 2 is 1.97 bits per heavy atom. The molecule has 1 saturated heterocycles. The maximum absolute atomic E-state index is 12.5. The molecule has 1 aliphatic rings. The molecule has 1 amide bonds. The molecule has 1 N–H and O–H groups in total. The largest absolute Gasteiger partial charge is 0.381 e. The van der Waals surface area contributed by atoms with Crippen molar-refractivity contribution in [3.63, 3.8) is 0 Å². The van der Waals surface area contributed by atoms with Crippen LogP contribution in [0.5, 0.6) is 0 Å². The number of nitrogens with zero attached hydrogens (tertiary/aromatic N) is 5. The van der Waals surface area contributed by atoms with Gasteiger partial charge in [0.1, 0.15) is 11.9 Å². The third kappa shape index (κ3) is 5.35. The molecule has 3 heterocycles. The van der Waals surface area contributed by atoms with Crippen LogP contribution < -0.4 is 10.5 Å². The Bertz CT molecular complexity index is 1220. The first-order valence-corrected chi connectivity index (χ1v) is 11.0. The molecule has 170 valence electrons. The average Bonchev–Trinajstić information content (AvgIpc) is 2.84. The van der Waals surface area contributed by atoms with Crippen LogP contribution in [0.3, 0.4) is 0 Å². The van der Waals surface area contributed by atoms with Crippen molar-refractivity contribution in [2.45, 2.75) is 19.8 Å². The molecule has 1 aliphatic heterocycles. The standard InChI is InChI=1S/C24H26N6O3/c1-17-12-19(21-16-27-28-24(32)20(21)13-17)4-10-33-11-5-23(31)30-8-6-29(7-9-30)22-3-2-18(14-25)15-26-22/h2-3,12-13,15-16H,4-11H2,1H3,(H,28,32). The van der Waals surface area contributed by atoms with Gasteiger partial charge in [0.15, 0.2) is 0 Å². The fraction of sp³-hybridized carbons (Fsp3) is 0.375. The second-order valence-electron chi connectivity index (χ2n) is 8.08. The number of carbonyl (C=O) groups excluding carboxylic acids is 1. The highest BCUT2D eigenvalue weighted by molar-refractivity contribution is 5.84. The van der Waals surface area contributed by atoms with Gasteiger partial charge in [0, 0.05) is 37.8 Å². The summed E-state index contributed by atoms with van der Waals surface area (Å²) in [6.07, 6.45) is 4.22. The molecule has 9 heteroatoms. The summed E-state index contributed by atoms with van der Waals surface area (Å²) in [4.78, 5) is 32.8. The molecule has 0 spiro atoms. The van der Waals surface area contributed by atoms with E-state index in [1.54, 1.807) is 18.5 Å². The van der Waals surface area contributed by atoms with Crippen LogP contribution in [0.2, 0.25) is 0 Å². The SMILES string of the molecule is Cc1cc(CCOCCC(=O)N2CCN(c3ccc(C#N)cn3)CC2)c2cn[nH]c(=O)c2c1. The van der Waals surface area contributed by atoms with Crippen molar-refractivity contribution in [2.75, 3.05) is 44.3 Å². The second-order valence-corrected chi connectivity index (χ2v) is 8.08. The van der Waals surface area contributed by atoms with Gasteiger partial charge in [0.05, 0.1) is 36.8 Å². The molecular formula is C24H26N6O3. The number of fused-ring (bicyclic) bond motifs is 1. The Balaban J connectivity index is 1.21. The van der Waals surface area contributed by atoms with E-state index in [0.29, 0.717) is 63.2 Å². The Labute approximate surface area is 191 Å². The summed E-state index contributed by atoms with van der Waals surface area (Å²) in [6.45, 7) is 5.47. The number of pyridine rings is 1. The van der Waals surface area contributed by atoms with E-state index < -0.39 is 0 Å². The Morgan fingerprint density at radius 3 is 2.70 bits per heavy atom. The van der Waals surface area contributed by atoms with Gasteiger partial charge in [0.2, 0.25) is 5.91 Å². The summed E-state index contributed by atoms with van der Waals surface area (Å²) in [7, 11) is 0. The summed E-state index contributed by atoms with van der Waals surface area (Å²) in [5.74, 6) is 0.907. The molecule has 9 nitrogen and oxygen atoms in total. The zero-order chi connectivity index (χ0) is 23.2. The van der Waals surface area contributed by atoms with Crippen LogP contribution in [-0.2, 0) is 16.0 Å². The minimum atomic E-state index is -0.195. The maximum atomic E-state index is 12.5. The van der Waals surface area contributed by atoms with E-state index in [-0.39, 0.29) is 11.5 Å². The summed E-state index contributed by atoms with van der Waals surface area (Å²) in [5, 5.41) is 16.7. The van der Waals surface area contributed by atoms with E-state index in [2.05, 4.69) is 26.2 Å². The van der Waals surface area contributed by atoms with Crippen molar-refractivity contribution < 1.29 is 9.53 Å². The van der Waals surface area contributed by atoms with Gasteiger partial charge in [0.25, 0.3) is 5.56 Å². The molecule has 4 rings (SSSR count). The lowest BCUT2D eigenvalue weighted by Crippen LogP contribution is -2.49. The van der Waals surface area contributed by atoms with Gasteiger partial charge in [-0.3, -0.25) is 9.59 Å². The number of rotatable bonds is 7. The van der Waals surface area contributed by atoms with Crippen LogP contribution in [-0.4, -0.2) is 65.4 Å². The molecular weight excluding hydrogens is 420 g/mol. The van der Waals surface area contributed by atoms with E-state index in [1.807, 2.05) is 30.0 Å². The van der Waals surface area contributed by atoms with Crippen molar-refractivity contribution >= 4 is 22.5 Å². The highest BCUT2D eigenvalue weighted by atomic mass is 16.5. The maximum Gasteiger partial charge on any atom is 0.272 e. The van der Waals surface area contributed by atoms with Gasteiger partial charge in [-0.2, -0.15) is 10.4 Å². The quantitative estimate of drug-likeness (QED) is 0.550. The van der Waals surface area contributed by atoms with Gasteiger partial charge in [-0.15, -0.1) is 0 Å². The minimum absolute atomic E-state index is 0.0826. The number of piperazine rings is 1. The Kier molecular flexibility index (Phi) is 6.95. The topological polar surface area (TPSA) is 115 Å². The molecule has 2 aromatic heterocycles. The Morgan fingerprint density at radius 1 is 1.15 bits per heavy atom. The number of amides is 1. The summed E-state index contributed by atoms with van der Waals surface area (Å²) >= 11 is 0. The molecule has 1 aromatic carbocycles.